The second-order valence-corrected chi connectivity index (χ2v) is 16.1. The van der Waals surface area contributed by atoms with E-state index in [2.05, 4.69) is 50.6 Å². The summed E-state index contributed by atoms with van der Waals surface area (Å²) in [7, 11) is 4.51. The van der Waals surface area contributed by atoms with Gasteiger partial charge in [0, 0.05) is 24.1 Å². The summed E-state index contributed by atoms with van der Waals surface area (Å²) < 4.78 is 0. The largest absolute Gasteiger partial charge is 0.346 e. The van der Waals surface area contributed by atoms with Crippen LogP contribution in [0.25, 0.3) is 0 Å². The topological polar surface area (TPSA) is 183 Å². The number of imide groups is 1. The van der Waals surface area contributed by atoms with Gasteiger partial charge in [0.05, 0.1) is 30.2 Å². The normalized spacial score (nSPS) is 16.3. The van der Waals surface area contributed by atoms with Crippen LogP contribution in [0, 0.1) is 5.41 Å². The van der Waals surface area contributed by atoms with E-state index in [0.717, 1.165) is 11.1 Å². The number of likely N-dealkylation sites (tertiary alicyclic amines) is 1. The van der Waals surface area contributed by atoms with Crippen LogP contribution < -0.4 is 26.6 Å². The van der Waals surface area contributed by atoms with Gasteiger partial charge < -0.3 is 26.6 Å². The number of hydrogen-bond acceptors (Lipinski definition) is 7. The molecule has 0 bridgehead atoms. The Bertz CT molecular complexity index is 1630. The molecule has 4 atom stereocenters. The molecule has 1 saturated heterocycles. The number of nitrogens with zero attached hydrogens (tertiary/aromatic N) is 1. The van der Waals surface area contributed by atoms with Crippen LogP contribution in [0.1, 0.15) is 71.3 Å². The van der Waals surface area contributed by atoms with Crippen LogP contribution in [-0.2, 0) is 40.0 Å². The highest BCUT2D eigenvalue weighted by atomic mass is 31.0. The smallest absolute Gasteiger partial charge is 0.243 e. The summed E-state index contributed by atoms with van der Waals surface area (Å²) in [5, 5.41) is 11.8. The summed E-state index contributed by atoms with van der Waals surface area (Å²) in [4.78, 5) is 91.0. The standard InChI is InChI=1S/C36H50BN6O7P/c1-22(37)24-12-14-25(15-13-24)41-28(45)20-39-31(48)26(16-23-10-8-7-9-11-23)42-29(46)19-38-27(44)18-40-32(49)36(6,51)21-35(4,5)43-30(47)17-34(2,3)33(43)50/h7-15,22,26H,16-21,37,51H2,1-6H3,(H,38,44)(H,39,48)(H,40,49)(H,41,45)(H,42,46)/t22?,26-,36?/m0/s1. The van der Waals surface area contributed by atoms with E-state index in [1.165, 1.54) is 4.90 Å². The van der Waals surface area contributed by atoms with Crippen LogP contribution in [0.2, 0.25) is 0 Å². The number of carbonyl (C=O) groups excluding carboxylic acids is 7. The summed E-state index contributed by atoms with van der Waals surface area (Å²) in [5.41, 5.74) is 0.694. The van der Waals surface area contributed by atoms with Gasteiger partial charge in [0.15, 0.2) is 0 Å². The minimum Gasteiger partial charge on any atom is -0.346 e. The van der Waals surface area contributed by atoms with Crippen LogP contribution in [0.5, 0.6) is 0 Å². The van der Waals surface area contributed by atoms with Gasteiger partial charge in [0.2, 0.25) is 41.4 Å². The van der Waals surface area contributed by atoms with Crippen molar-refractivity contribution in [1.82, 2.24) is 26.2 Å². The molecule has 1 aliphatic heterocycles. The number of amides is 7. The van der Waals surface area contributed by atoms with Crippen molar-refractivity contribution in [2.24, 2.45) is 5.41 Å². The molecule has 2 aromatic rings. The quantitative estimate of drug-likeness (QED) is 0.0974. The van der Waals surface area contributed by atoms with Crippen LogP contribution in [0.4, 0.5) is 5.69 Å². The second kappa shape index (κ2) is 17.1. The van der Waals surface area contributed by atoms with Crippen LogP contribution in [0.15, 0.2) is 54.6 Å². The summed E-state index contributed by atoms with van der Waals surface area (Å²) in [6, 6.07) is 15.4. The van der Waals surface area contributed by atoms with E-state index in [4.69, 9.17) is 0 Å². The molecule has 5 N–H and O–H groups in total. The van der Waals surface area contributed by atoms with Crippen molar-refractivity contribution in [3.05, 3.63) is 65.7 Å². The Kier molecular flexibility index (Phi) is 13.7. The third-order valence-electron chi connectivity index (χ3n) is 8.62. The van der Waals surface area contributed by atoms with Gasteiger partial charge >= 0.3 is 0 Å². The van der Waals surface area contributed by atoms with E-state index in [-0.39, 0.29) is 37.6 Å². The molecule has 13 nitrogen and oxygen atoms in total. The molecule has 0 aromatic heterocycles. The lowest BCUT2D eigenvalue weighted by atomic mass is 9.83. The maximum Gasteiger partial charge on any atom is 0.243 e. The highest BCUT2D eigenvalue weighted by Gasteiger charge is 2.52. The zero-order valence-electron chi connectivity index (χ0n) is 30.5. The van der Waals surface area contributed by atoms with E-state index < -0.39 is 64.8 Å². The Morgan fingerprint density at radius 2 is 1.45 bits per heavy atom. The molecule has 0 aliphatic carbocycles. The van der Waals surface area contributed by atoms with Gasteiger partial charge in [-0.25, -0.2) is 0 Å². The molecule has 2 aromatic carbocycles. The SMILES string of the molecule is BC(C)c1ccc(NC(=O)CNC(=O)[C@H](Cc2ccccc2)NC(=O)CNC(=O)CNC(=O)C(C)(P)CC(C)(C)N2C(=O)CC(C)(C)C2=O)cc1. The summed E-state index contributed by atoms with van der Waals surface area (Å²) in [5.74, 6) is -3.08. The Labute approximate surface area is 302 Å². The molecular formula is C36H50BN6O7P. The highest BCUT2D eigenvalue weighted by molar-refractivity contribution is 7.21. The Hall–Kier alpha value is -4.58. The van der Waals surface area contributed by atoms with Gasteiger partial charge in [-0.2, -0.15) is 0 Å². The Morgan fingerprint density at radius 1 is 0.863 bits per heavy atom. The zero-order chi connectivity index (χ0) is 38.1. The molecule has 3 unspecified atom stereocenters. The van der Waals surface area contributed by atoms with Crippen molar-refractivity contribution >= 4 is 64.1 Å². The minimum absolute atomic E-state index is 0.0890. The fraction of sp³-hybridized carbons (Fsp3) is 0.472. The molecule has 3 rings (SSSR count). The molecule has 1 heterocycles. The fourth-order valence-electron chi connectivity index (χ4n) is 5.97. The van der Waals surface area contributed by atoms with Gasteiger partial charge in [0.1, 0.15) is 13.9 Å². The average molecular weight is 721 g/mol. The fourth-order valence-corrected chi connectivity index (χ4v) is 6.58. The number of benzene rings is 2. The lowest BCUT2D eigenvalue weighted by Crippen LogP contribution is -2.55. The van der Waals surface area contributed by atoms with Crippen LogP contribution >= 0.6 is 9.24 Å². The molecule has 15 heteroatoms. The third-order valence-corrected chi connectivity index (χ3v) is 9.09. The number of hydrogen-bond donors (Lipinski definition) is 5. The highest BCUT2D eigenvalue weighted by Crippen LogP contribution is 2.40. The first kappa shape index (κ1) is 40.9. The van der Waals surface area contributed by atoms with Crippen molar-refractivity contribution in [2.45, 2.75) is 83.4 Å². The lowest BCUT2D eigenvalue weighted by molar-refractivity contribution is -0.148. The third kappa shape index (κ3) is 11.7. The van der Waals surface area contributed by atoms with Crippen molar-refractivity contribution in [3.8, 4) is 0 Å². The number of rotatable bonds is 16. The molecule has 7 amide bonds. The van der Waals surface area contributed by atoms with Gasteiger partial charge in [-0.05, 0) is 50.7 Å². The van der Waals surface area contributed by atoms with E-state index in [1.54, 1.807) is 71.0 Å². The summed E-state index contributed by atoms with van der Waals surface area (Å²) in [6.07, 6.45) is 0.341. The number of nitrogens with one attached hydrogen (secondary N) is 5. The first-order valence-corrected chi connectivity index (χ1v) is 17.5. The molecule has 51 heavy (non-hydrogen) atoms. The van der Waals surface area contributed by atoms with E-state index in [9.17, 15) is 33.6 Å². The van der Waals surface area contributed by atoms with Crippen LogP contribution in [0.3, 0.4) is 0 Å². The molecule has 274 valence electrons. The molecule has 0 radical (unpaired) electrons. The monoisotopic (exact) mass is 720 g/mol. The lowest BCUT2D eigenvalue weighted by Gasteiger charge is -2.40. The number of anilines is 1. The van der Waals surface area contributed by atoms with Gasteiger partial charge in [-0.1, -0.05) is 68.8 Å². The number of carbonyl (C=O) groups is 7. The first-order chi connectivity index (χ1) is 23.7. The Balaban J connectivity index is 1.51. The van der Waals surface area contributed by atoms with Crippen molar-refractivity contribution in [1.29, 1.82) is 0 Å². The van der Waals surface area contributed by atoms with Crippen molar-refractivity contribution in [2.75, 3.05) is 25.0 Å². The van der Waals surface area contributed by atoms with Gasteiger partial charge in [-0.15, -0.1) is 9.24 Å². The molecule has 0 spiro atoms. The molecular weight excluding hydrogens is 670 g/mol. The van der Waals surface area contributed by atoms with Gasteiger partial charge in [-0.3, -0.25) is 38.5 Å². The molecule has 1 aliphatic rings. The minimum atomic E-state index is -1.14. The zero-order valence-corrected chi connectivity index (χ0v) is 31.6. The molecule has 1 fully saturated rings. The van der Waals surface area contributed by atoms with E-state index >= 15 is 0 Å². The predicted octanol–water partition coefficient (Wildman–Crippen LogP) is 0.983. The maximum absolute atomic E-state index is 13.1. The maximum atomic E-state index is 13.1. The first-order valence-electron chi connectivity index (χ1n) is 16.9. The second-order valence-electron chi connectivity index (χ2n) is 14.8. The summed E-state index contributed by atoms with van der Waals surface area (Å²) >= 11 is 0. The van der Waals surface area contributed by atoms with E-state index in [0.29, 0.717) is 11.5 Å². The Morgan fingerprint density at radius 3 is 2.02 bits per heavy atom. The van der Waals surface area contributed by atoms with Crippen LogP contribution in [-0.4, -0.2) is 90.5 Å². The van der Waals surface area contributed by atoms with E-state index in [1.807, 2.05) is 18.2 Å². The van der Waals surface area contributed by atoms with Crippen molar-refractivity contribution in [3.63, 3.8) is 0 Å². The van der Waals surface area contributed by atoms with Crippen molar-refractivity contribution < 1.29 is 33.6 Å². The average Bonchev–Trinajstić information content (AvgIpc) is 3.26. The molecule has 0 saturated carbocycles. The summed E-state index contributed by atoms with van der Waals surface area (Å²) in [6.45, 7) is 9.33. The predicted molar refractivity (Wildman–Crippen MR) is 200 cm³/mol. The van der Waals surface area contributed by atoms with Gasteiger partial charge in [0.25, 0.3) is 0 Å².